The number of halogens is 1. The Hall–Kier alpha value is -1.55. The topological polar surface area (TPSA) is 34.0 Å². The summed E-state index contributed by atoms with van der Waals surface area (Å²) in [5.74, 6) is 2.61. The lowest BCUT2D eigenvalue weighted by Gasteiger charge is -2.30. The van der Waals surface area contributed by atoms with Gasteiger partial charge in [0.25, 0.3) is 0 Å². The minimum Gasteiger partial charge on any atom is -0.347 e. The minimum atomic E-state index is 0.499. The van der Waals surface area contributed by atoms with Gasteiger partial charge in [-0.1, -0.05) is 0 Å². The van der Waals surface area contributed by atoms with Crippen molar-refractivity contribution in [3.8, 4) is 0 Å². The number of nitrogens with zero attached hydrogens (tertiary/aromatic N) is 4. The number of fused-ring (bicyclic) bond motifs is 1. The van der Waals surface area contributed by atoms with Gasteiger partial charge in [0, 0.05) is 36.7 Å². The number of aromatic nitrogens is 3. The van der Waals surface area contributed by atoms with E-state index in [4.69, 9.17) is 16.6 Å². The molecule has 0 spiro atoms. The van der Waals surface area contributed by atoms with Gasteiger partial charge in [-0.05, 0) is 25.5 Å². The fourth-order valence-corrected chi connectivity index (χ4v) is 2.95. The van der Waals surface area contributed by atoms with E-state index in [0.717, 1.165) is 42.5 Å². The van der Waals surface area contributed by atoms with Crippen LogP contribution in [0.25, 0.3) is 0 Å². The summed E-state index contributed by atoms with van der Waals surface area (Å²) in [6, 6.07) is 2.09. The second kappa shape index (κ2) is 4.85. The van der Waals surface area contributed by atoms with Crippen LogP contribution in [0.3, 0.4) is 0 Å². The summed E-state index contributed by atoms with van der Waals surface area (Å²) in [6.45, 7) is 6.82. The molecule has 0 aromatic carbocycles. The van der Waals surface area contributed by atoms with Crippen molar-refractivity contribution in [2.45, 2.75) is 32.8 Å². The van der Waals surface area contributed by atoms with Gasteiger partial charge in [-0.3, -0.25) is 0 Å². The van der Waals surface area contributed by atoms with Gasteiger partial charge in [-0.25, -0.2) is 9.97 Å². The predicted molar refractivity (Wildman–Crippen MR) is 76.5 cm³/mol. The lowest BCUT2D eigenvalue weighted by Crippen LogP contribution is -2.35. The van der Waals surface area contributed by atoms with E-state index < -0.39 is 0 Å². The van der Waals surface area contributed by atoms with Crippen molar-refractivity contribution in [3.63, 3.8) is 0 Å². The number of hydrogen-bond acceptors (Lipinski definition) is 3. The number of pyridine rings is 1. The van der Waals surface area contributed by atoms with Crippen LogP contribution < -0.4 is 4.90 Å². The van der Waals surface area contributed by atoms with Crippen LogP contribution in [0.2, 0.25) is 0 Å². The Balaban J connectivity index is 1.99. The van der Waals surface area contributed by atoms with E-state index in [0.29, 0.717) is 5.88 Å². The van der Waals surface area contributed by atoms with E-state index in [9.17, 15) is 0 Å². The Morgan fingerprint density at radius 3 is 2.95 bits per heavy atom. The third kappa shape index (κ3) is 2.21. The zero-order valence-corrected chi connectivity index (χ0v) is 12.0. The summed E-state index contributed by atoms with van der Waals surface area (Å²) in [5.41, 5.74) is 3.38. The first-order valence-electron chi connectivity index (χ1n) is 6.47. The molecule has 3 heterocycles. The van der Waals surface area contributed by atoms with Crippen LogP contribution in [-0.4, -0.2) is 21.1 Å². The fraction of sp³-hybridized carbons (Fsp3) is 0.429. The van der Waals surface area contributed by atoms with Crippen molar-refractivity contribution in [2.75, 3.05) is 11.4 Å². The van der Waals surface area contributed by atoms with Crippen LogP contribution in [0.1, 0.15) is 22.6 Å². The summed E-state index contributed by atoms with van der Waals surface area (Å²) in [5, 5.41) is 0. The molecule has 2 aromatic rings. The van der Waals surface area contributed by atoms with Crippen LogP contribution in [0.15, 0.2) is 18.5 Å². The molecule has 0 saturated heterocycles. The molecular weight excluding hydrogens is 260 g/mol. The SMILES string of the molecule is Cc1cc(C)c(CCl)c(N2CCn3ccnc3C2)n1. The van der Waals surface area contributed by atoms with Crippen molar-refractivity contribution in [3.05, 3.63) is 41.1 Å². The molecule has 0 N–H and O–H groups in total. The Morgan fingerprint density at radius 1 is 1.32 bits per heavy atom. The van der Waals surface area contributed by atoms with Crippen molar-refractivity contribution < 1.29 is 0 Å². The quantitative estimate of drug-likeness (QED) is 0.791. The van der Waals surface area contributed by atoms with E-state index in [1.54, 1.807) is 0 Å². The molecule has 0 saturated carbocycles. The molecule has 2 aromatic heterocycles. The maximum atomic E-state index is 6.10. The number of hydrogen-bond donors (Lipinski definition) is 0. The molecule has 0 aliphatic carbocycles. The molecule has 0 radical (unpaired) electrons. The van der Waals surface area contributed by atoms with Gasteiger partial charge in [-0.15, -0.1) is 11.6 Å². The first-order chi connectivity index (χ1) is 9.19. The fourth-order valence-electron chi connectivity index (χ4n) is 2.62. The lowest BCUT2D eigenvalue weighted by atomic mass is 10.1. The molecule has 4 nitrogen and oxygen atoms in total. The molecule has 0 amide bonds. The highest BCUT2D eigenvalue weighted by atomic mass is 35.5. The largest absolute Gasteiger partial charge is 0.347 e. The van der Waals surface area contributed by atoms with Gasteiger partial charge in [-0.2, -0.15) is 0 Å². The van der Waals surface area contributed by atoms with Gasteiger partial charge in [0.05, 0.1) is 12.4 Å². The maximum absolute atomic E-state index is 6.10. The van der Waals surface area contributed by atoms with Gasteiger partial charge >= 0.3 is 0 Å². The molecule has 100 valence electrons. The second-order valence-corrected chi connectivity index (χ2v) is 5.24. The highest BCUT2D eigenvalue weighted by Gasteiger charge is 2.21. The average molecular weight is 277 g/mol. The third-order valence-electron chi connectivity index (χ3n) is 3.63. The minimum absolute atomic E-state index is 0.499. The highest BCUT2D eigenvalue weighted by molar-refractivity contribution is 6.17. The molecule has 0 fully saturated rings. The van der Waals surface area contributed by atoms with Gasteiger partial charge < -0.3 is 9.47 Å². The van der Waals surface area contributed by atoms with Crippen LogP contribution in [0.4, 0.5) is 5.82 Å². The van der Waals surface area contributed by atoms with Crippen molar-refractivity contribution in [1.29, 1.82) is 0 Å². The van der Waals surface area contributed by atoms with E-state index >= 15 is 0 Å². The summed E-state index contributed by atoms with van der Waals surface area (Å²) >= 11 is 6.10. The van der Waals surface area contributed by atoms with Crippen LogP contribution >= 0.6 is 11.6 Å². The Labute approximate surface area is 118 Å². The summed E-state index contributed by atoms with van der Waals surface area (Å²) in [4.78, 5) is 11.4. The van der Waals surface area contributed by atoms with Crippen LogP contribution in [0.5, 0.6) is 0 Å². The summed E-state index contributed by atoms with van der Waals surface area (Å²) < 4.78 is 2.19. The first-order valence-corrected chi connectivity index (χ1v) is 7.00. The zero-order valence-electron chi connectivity index (χ0n) is 11.2. The van der Waals surface area contributed by atoms with E-state index in [2.05, 4.69) is 27.4 Å². The number of imidazole rings is 1. The number of aryl methyl sites for hydroxylation is 2. The molecular formula is C14H17ClN4. The molecule has 19 heavy (non-hydrogen) atoms. The van der Waals surface area contributed by atoms with E-state index in [1.807, 2.05) is 19.3 Å². The van der Waals surface area contributed by atoms with E-state index in [-0.39, 0.29) is 0 Å². The number of rotatable bonds is 2. The van der Waals surface area contributed by atoms with Crippen molar-refractivity contribution in [2.24, 2.45) is 0 Å². The van der Waals surface area contributed by atoms with Gasteiger partial charge in [0.2, 0.25) is 0 Å². The van der Waals surface area contributed by atoms with E-state index in [1.165, 1.54) is 5.56 Å². The normalized spacial score (nSPS) is 14.6. The average Bonchev–Trinajstić information content (AvgIpc) is 2.85. The molecule has 0 unspecified atom stereocenters. The Morgan fingerprint density at radius 2 is 2.16 bits per heavy atom. The highest BCUT2D eigenvalue weighted by Crippen LogP contribution is 2.27. The van der Waals surface area contributed by atoms with Crippen molar-refractivity contribution in [1.82, 2.24) is 14.5 Å². The number of anilines is 1. The summed E-state index contributed by atoms with van der Waals surface area (Å²) in [6.07, 6.45) is 3.89. The molecule has 5 heteroatoms. The molecule has 0 atom stereocenters. The maximum Gasteiger partial charge on any atom is 0.133 e. The third-order valence-corrected chi connectivity index (χ3v) is 3.90. The monoisotopic (exact) mass is 276 g/mol. The molecule has 0 bridgehead atoms. The predicted octanol–water partition coefficient (Wildman–Crippen LogP) is 2.65. The number of alkyl halides is 1. The Kier molecular flexibility index (Phi) is 3.19. The van der Waals surface area contributed by atoms with Crippen LogP contribution in [-0.2, 0) is 19.0 Å². The van der Waals surface area contributed by atoms with Crippen LogP contribution in [0, 0.1) is 13.8 Å². The summed E-state index contributed by atoms with van der Waals surface area (Å²) in [7, 11) is 0. The molecule has 3 rings (SSSR count). The zero-order chi connectivity index (χ0) is 13.4. The van der Waals surface area contributed by atoms with Crippen molar-refractivity contribution >= 4 is 17.4 Å². The van der Waals surface area contributed by atoms with Gasteiger partial charge in [0.1, 0.15) is 11.6 Å². The van der Waals surface area contributed by atoms with Gasteiger partial charge in [0.15, 0.2) is 0 Å². The Bertz CT molecular complexity index is 605. The second-order valence-electron chi connectivity index (χ2n) is 4.97. The molecule has 1 aliphatic rings. The first kappa shape index (κ1) is 12.5. The molecule has 1 aliphatic heterocycles. The smallest absolute Gasteiger partial charge is 0.133 e. The lowest BCUT2D eigenvalue weighted by molar-refractivity contribution is 0.554. The standard InChI is InChI=1S/C14H17ClN4/c1-10-7-11(2)17-14(12(10)8-15)19-6-5-18-4-3-16-13(18)9-19/h3-4,7H,5-6,8-9H2,1-2H3.